The fourth-order valence-electron chi connectivity index (χ4n) is 2.41. The zero-order chi connectivity index (χ0) is 18.0. The van der Waals surface area contributed by atoms with Crippen LogP contribution >= 0.6 is 24.0 Å². The van der Waals surface area contributed by atoms with E-state index in [4.69, 9.17) is 17.0 Å². The molecule has 0 saturated carbocycles. The van der Waals surface area contributed by atoms with Crippen molar-refractivity contribution in [1.82, 2.24) is 0 Å². The Hall–Kier alpha value is -2.71. The minimum atomic E-state index is -0.530. The Morgan fingerprint density at radius 1 is 1.20 bits per heavy atom. The van der Waals surface area contributed by atoms with Crippen molar-refractivity contribution in [3.8, 4) is 5.75 Å². The highest BCUT2D eigenvalue weighted by atomic mass is 32.2. The number of thioether (sulfide) groups is 1. The lowest BCUT2D eigenvalue weighted by molar-refractivity contribution is -0.384. The Morgan fingerprint density at radius 2 is 1.88 bits per heavy atom. The molecule has 1 aliphatic rings. The Morgan fingerprint density at radius 3 is 2.60 bits per heavy atom. The molecule has 1 heterocycles. The number of methoxy groups -OCH3 is 1. The van der Waals surface area contributed by atoms with Gasteiger partial charge in [0.1, 0.15) is 11.4 Å². The molecule has 2 aromatic rings. The number of hydrogen-bond donors (Lipinski definition) is 0. The van der Waals surface area contributed by atoms with Gasteiger partial charge in [0, 0.05) is 11.6 Å². The lowest BCUT2D eigenvalue weighted by Crippen LogP contribution is -2.28. The number of thiocarbonyl (C=S) groups is 1. The van der Waals surface area contributed by atoms with Crippen LogP contribution in [0.5, 0.6) is 5.75 Å². The molecule has 25 heavy (non-hydrogen) atoms. The van der Waals surface area contributed by atoms with Gasteiger partial charge in [-0.05, 0) is 18.2 Å². The van der Waals surface area contributed by atoms with Crippen molar-refractivity contribution < 1.29 is 14.5 Å². The maximum absolute atomic E-state index is 12.8. The Labute approximate surface area is 153 Å². The summed E-state index contributed by atoms with van der Waals surface area (Å²) in [4.78, 5) is 25.1. The Kier molecular flexibility index (Phi) is 4.82. The van der Waals surface area contributed by atoms with Gasteiger partial charge in [-0.2, -0.15) is 0 Å². The largest absolute Gasteiger partial charge is 0.496 e. The van der Waals surface area contributed by atoms with Gasteiger partial charge in [-0.25, -0.2) is 0 Å². The number of ether oxygens (including phenoxy) is 1. The zero-order valence-corrected chi connectivity index (χ0v) is 14.7. The SMILES string of the molecule is COc1ccccc1/C=C1/SC(=S)N(c2ccccc2[N+](=O)[O-])C1=O. The number of amides is 1. The van der Waals surface area contributed by atoms with Crippen LogP contribution in [0.4, 0.5) is 11.4 Å². The standard InChI is InChI=1S/C17H12N2O4S2/c1-23-14-9-5-2-6-11(14)10-15-16(20)18(17(24)25-15)12-7-3-4-8-13(12)19(21)22/h2-10H,1H3/b15-10+. The molecule has 0 aliphatic carbocycles. The topological polar surface area (TPSA) is 72.7 Å². The molecule has 1 fully saturated rings. The molecule has 1 amide bonds. The average Bonchev–Trinajstić information content (AvgIpc) is 2.89. The summed E-state index contributed by atoms with van der Waals surface area (Å²) >= 11 is 6.38. The molecule has 0 aromatic heterocycles. The quantitative estimate of drug-likeness (QED) is 0.349. The molecule has 0 radical (unpaired) electrons. The van der Waals surface area contributed by atoms with Gasteiger partial charge in [-0.1, -0.05) is 54.3 Å². The van der Waals surface area contributed by atoms with Gasteiger partial charge in [0.25, 0.3) is 11.6 Å². The molecule has 1 saturated heterocycles. The third-order valence-electron chi connectivity index (χ3n) is 3.54. The molecule has 0 atom stereocenters. The second kappa shape index (κ2) is 7.04. The zero-order valence-electron chi connectivity index (χ0n) is 13.0. The molecule has 0 bridgehead atoms. The maximum Gasteiger partial charge on any atom is 0.293 e. The number of nitro groups is 1. The minimum Gasteiger partial charge on any atom is -0.496 e. The number of carbonyl (C=O) groups is 1. The molecule has 1 aliphatic heterocycles. The summed E-state index contributed by atoms with van der Waals surface area (Å²) in [6.07, 6.45) is 1.67. The van der Waals surface area contributed by atoms with Gasteiger partial charge in [0.2, 0.25) is 0 Å². The van der Waals surface area contributed by atoms with E-state index >= 15 is 0 Å². The van der Waals surface area contributed by atoms with Crippen molar-refractivity contribution in [2.75, 3.05) is 12.0 Å². The van der Waals surface area contributed by atoms with Crippen LogP contribution in [-0.2, 0) is 4.79 Å². The van der Waals surface area contributed by atoms with E-state index in [2.05, 4.69) is 0 Å². The molecule has 126 valence electrons. The van der Waals surface area contributed by atoms with E-state index in [-0.39, 0.29) is 15.7 Å². The first-order chi connectivity index (χ1) is 12.0. The highest BCUT2D eigenvalue weighted by molar-refractivity contribution is 8.27. The smallest absolute Gasteiger partial charge is 0.293 e. The predicted octanol–water partition coefficient (Wildman–Crippen LogP) is 4.01. The van der Waals surface area contributed by atoms with Crippen molar-refractivity contribution in [2.45, 2.75) is 0 Å². The van der Waals surface area contributed by atoms with Crippen LogP contribution in [0.3, 0.4) is 0 Å². The monoisotopic (exact) mass is 372 g/mol. The number of para-hydroxylation sites is 3. The van der Waals surface area contributed by atoms with Crippen LogP contribution in [0.15, 0.2) is 53.4 Å². The second-order valence-electron chi connectivity index (χ2n) is 5.00. The molecule has 0 N–H and O–H groups in total. The number of benzene rings is 2. The van der Waals surface area contributed by atoms with E-state index in [0.29, 0.717) is 10.7 Å². The maximum atomic E-state index is 12.8. The van der Waals surface area contributed by atoms with Gasteiger partial charge in [-0.3, -0.25) is 19.8 Å². The lowest BCUT2D eigenvalue weighted by Gasteiger charge is -2.14. The number of hydrogen-bond acceptors (Lipinski definition) is 6. The fraction of sp³-hybridized carbons (Fsp3) is 0.0588. The van der Waals surface area contributed by atoms with E-state index in [1.165, 1.54) is 17.0 Å². The number of carbonyl (C=O) groups excluding carboxylic acids is 1. The Bertz CT molecular complexity index is 911. The molecular weight excluding hydrogens is 360 g/mol. The number of rotatable bonds is 4. The number of nitrogens with zero attached hydrogens (tertiary/aromatic N) is 2. The molecule has 0 unspecified atom stereocenters. The van der Waals surface area contributed by atoms with Crippen LogP contribution in [0.25, 0.3) is 6.08 Å². The average molecular weight is 372 g/mol. The molecular formula is C17H12N2O4S2. The molecule has 8 heteroatoms. The van der Waals surface area contributed by atoms with Crippen molar-refractivity contribution in [1.29, 1.82) is 0 Å². The second-order valence-corrected chi connectivity index (χ2v) is 6.68. The van der Waals surface area contributed by atoms with Gasteiger partial charge in [0.15, 0.2) is 4.32 Å². The van der Waals surface area contributed by atoms with E-state index in [1.807, 2.05) is 18.2 Å². The summed E-state index contributed by atoms with van der Waals surface area (Å²) < 4.78 is 5.53. The summed E-state index contributed by atoms with van der Waals surface area (Å²) in [5.41, 5.74) is 0.726. The van der Waals surface area contributed by atoms with Gasteiger partial charge in [-0.15, -0.1) is 0 Å². The van der Waals surface area contributed by atoms with E-state index in [9.17, 15) is 14.9 Å². The number of anilines is 1. The third-order valence-corrected chi connectivity index (χ3v) is 4.84. The summed E-state index contributed by atoms with van der Waals surface area (Å²) in [5, 5.41) is 11.2. The first-order valence-corrected chi connectivity index (χ1v) is 8.40. The van der Waals surface area contributed by atoms with Crippen LogP contribution < -0.4 is 9.64 Å². The molecule has 0 spiro atoms. The van der Waals surface area contributed by atoms with Crippen LogP contribution in [0, 0.1) is 10.1 Å². The number of nitro benzene ring substituents is 1. The van der Waals surface area contributed by atoms with Gasteiger partial charge < -0.3 is 4.74 Å². The van der Waals surface area contributed by atoms with E-state index in [1.54, 1.807) is 31.4 Å². The van der Waals surface area contributed by atoms with Crippen molar-refractivity contribution in [2.24, 2.45) is 0 Å². The molecule has 3 rings (SSSR count). The highest BCUT2D eigenvalue weighted by Gasteiger charge is 2.36. The third kappa shape index (κ3) is 3.26. The van der Waals surface area contributed by atoms with Crippen molar-refractivity contribution >= 4 is 51.7 Å². The summed E-state index contributed by atoms with van der Waals surface area (Å²) in [6.45, 7) is 0. The van der Waals surface area contributed by atoms with Crippen LogP contribution in [0.2, 0.25) is 0 Å². The first kappa shape index (κ1) is 17.1. The van der Waals surface area contributed by atoms with E-state index in [0.717, 1.165) is 17.3 Å². The van der Waals surface area contributed by atoms with Gasteiger partial charge in [0.05, 0.1) is 16.9 Å². The van der Waals surface area contributed by atoms with Crippen LogP contribution in [0.1, 0.15) is 5.56 Å². The van der Waals surface area contributed by atoms with Crippen molar-refractivity contribution in [3.05, 3.63) is 69.1 Å². The highest BCUT2D eigenvalue weighted by Crippen LogP contribution is 2.40. The van der Waals surface area contributed by atoms with Crippen LogP contribution in [-0.4, -0.2) is 22.3 Å². The minimum absolute atomic E-state index is 0.165. The summed E-state index contributed by atoms with van der Waals surface area (Å²) in [6, 6.07) is 13.3. The molecule has 6 nitrogen and oxygen atoms in total. The fourth-order valence-corrected chi connectivity index (χ4v) is 3.69. The first-order valence-electron chi connectivity index (χ1n) is 7.17. The lowest BCUT2D eigenvalue weighted by atomic mass is 10.2. The normalized spacial score (nSPS) is 15.7. The molecule has 2 aromatic carbocycles. The Balaban J connectivity index is 2.02. The van der Waals surface area contributed by atoms with Gasteiger partial charge >= 0.3 is 0 Å². The predicted molar refractivity (Wildman–Crippen MR) is 102 cm³/mol. The van der Waals surface area contributed by atoms with E-state index < -0.39 is 10.8 Å². The van der Waals surface area contributed by atoms with Crippen molar-refractivity contribution in [3.63, 3.8) is 0 Å². The summed E-state index contributed by atoms with van der Waals surface area (Å²) in [5.74, 6) is 0.230. The summed E-state index contributed by atoms with van der Waals surface area (Å²) in [7, 11) is 1.55.